The summed E-state index contributed by atoms with van der Waals surface area (Å²) < 4.78 is 24.9. The third kappa shape index (κ3) is 3.94. The fourth-order valence-corrected chi connectivity index (χ4v) is 3.27. The Morgan fingerprint density at radius 1 is 1.31 bits per heavy atom. The topological polar surface area (TPSA) is 73.1 Å². The molecule has 2 atom stereocenters. The van der Waals surface area contributed by atoms with Gasteiger partial charge in [-0.2, -0.15) is 0 Å². The standard InChI is InChI=1S/C22H21FN2O4/c1-3-27-18-9-5-7-15-11-19(28-21(15)18)13(2)24-22(26)20-12-17(25-29-20)14-6-4-8-16(23)10-14/h4-11,13,20H,3,12H2,1-2H3,(H,24,26). The molecule has 2 aromatic carbocycles. The van der Waals surface area contributed by atoms with Crippen molar-refractivity contribution >= 4 is 22.6 Å². The number of nitrogens with zero attached hydrogens (tertiary/aromatic N) is 1. The highest BCUT2D eigenvalue weighted by Crippen LogP contribution is 2.31. The number of furan rings is 1. The van der Waals surface area contributed by atoms with Gasteiger partial charge in [0.15, 0.2) is 11.3 Å². The van der Waals surface area contributed by atoms with Gasteiger partial charge in [0, 0.05) is 17.4 Å². The van der Waals surface area contributed by atoms with Crippen molar-refractivity contribution in [3.05, 3.63) is 65.7 Å². The highest BCUT2D eigenvalue weighted by Gasteiger charge is 2.30. The molecule has 3 aromatic rings. The van der Waals surface area contributed by atoms with E-state index in [1.807, 2.05) is 38.1 Å². The Labute approximate surface area is 167 Å². The molecule has 4 rings (SSSR count). The van der Waals surface area contributed by atoms with Crippen molar-refractivity contribution in [2.75, 3.05) is 6.61 Å². The number of carbonyl (C=O) groups excluding carboxylic acids is 1. The van der Waals surface area contributed by atoms with Crippen LogP contribution in [-0.4, -0.2) is 24.3 Å². The number of fused-ring (bicyclic) bond motifs is 1. The van der Waals surface area contributed by atoms with E-state index < -0.39 is 6.10 Å². The first-order chi connectivity index (χ1) is 14.0. The zero-order valence-corrected chi connectivity index (χ0v) is 16.1. The minimum Gasteiger partial charge on any atom is -0.490 e. The van der Waals surface area contributed by atoms with Crippen molar-refractivity contribution in [3.63, 3.8) is 0 Å². The summed E-state index contributed by atoms with van der Waals surface area (Å²) in [6.45, 7) is 4.28. The van der Waals surface area contributed by atoms with Gasteiger partial charge in [-0.05, 0) is 38.1 Å². The van der Waals surface area contributed by atoms with Gasteiger partial charge in [-0.15, -0.1) is 0 Å². The molecule has 0 bridgehead atoms. The minimum atomic E-state index is -0.765. The Morgan fingerprint density at radius 2 is 2.14 bits per heavy atom. The molecule has 0 spiro atoms. The number of benzene rings is 2. The Kier molecular flexibility index (Phi) is 5.20. The number of nitrogens with one attached hydrogen (secondary N) is 1. The smallest absolute Gasteiger partial charge is 0.264 e. The number of carbonyl (C=O) groups is 1. The third-order valence-electron chi connectivity index (χ3n) is 4.73. The van der Waals surface area contributed by atoms with E-state index in [2.05, 4.69) is 10.5 Å². The predicted octanol–water partition coefficient (Wildman–Crippen LogP) is 4.34. The van der Waals surface area contributed by atoms with Crippen LogP contribution in [-0.2, 0) is 9.63 Å². The monoisotopic (exact) mass is 396 g/mol. The number of amides is 1. The molecule has 150 valence electrons. The normalized spacial score (nSPS) is 16.9. The molecule has 29 heavy (non-hydrogen) atoms. The van der Waals surface area contributed by atoms with Crippen LogP contribution in [0.3, 0.4) is 0 Å². The Morgan fingerprint density at radius 3 is 2.93 bits per heavy atom. The van der Waals surface area contributed by atoms with Gasteiger partial charge in [-0.3, -0.25) is 4.79 Å². The van der Waals surface area contributed by atoms with Crippen molar-refractivity contribution in [2.45, 2.75) is 32.4 Å². The van der Waals surface area contributed by atoms with E-state index in [9.17, 15) is 9.18 Å². The average molecular weight is 396 g/mol. The number of hydrogen-bond acceptors (Lipinski definition) is 5. The van der Waals surface area contributed by atoms with Gasteiger partial charge in [0.25, 0.3) is 5.91 Å². The fourth-order valence-electron chi connectivity index (χ4n) is 3.27. The average Bonchev–Trinajstić information content (AvgIpc) is 3.36. The molecule has 1 aliphatic rings. The van der Waals surface area contributed by atoms with Gasteiger partial charge >= 0.3 is 0 Å². The lowest BCUT2D eigenvalue weighted by Crippen LogP contribution is -2.36. The van der Waals surface area contributed by atoms with Crippen molar-refractivity contribution in [1.82, 2.24) is 5.32 Å². The summed E-state index contributed by atoms with van der Waals surface area (Å²) >= 11 is 0. The van der Waals surface area contributed by atoms with Crippen molar-refractivity contribution < 1.29 is 23.2 Å². The van der Waals surface area contributed by atoms with E-state index in [1.165, 1.54) is 12.1 Å². The van der Waals surface area contributed by atoms with Gasteiger partial charge < -0.3 is 19.3 Å². The van der Waals surface area contributed by atoms with Crippen LogP contribution >= 0.6 is 0 Å². The number of para-hydroxylation sites is 1. The van der Waals surface area contributed by atoms with Gasteiger partial charge in [0.2, 0.25) is 6.10 Å². The number of hydrogen-bond donors (Lipinski definition) is 1. The first-order valence-electron chi connectivity index (χ1n) is 9.49. The highest BCUT2D eigenvalue weighted by atomic mass is 19.1. The first-order valence-corrected chi connectivity index (χ1v) is 9.49. The molecule has 2 heterocycles. The summed E-state index contributed by atoms with van der Waals surface area (Å²) in [4.78, 5) is 17.9. The molecular formula is C22H21FN2O4. The predicted molar refractivity (Wildman–Crippen MR) is 106 cm³/mol. The van der Waals surface area contributed by atoms with Crippen LogP contribution < -0.4 is 10.1 Å². The molecule has 0 fully saturated rings. The molecule has 1 aromatic heterocycles. The van der Waals surface area contributed by atoms with Crippen LogP contribution in [0.5, 0.6) is 5.75 Å². The van der Waals surface area contributed by atoms with E-state index in [4.69, 9.17) is 14.0 Å². The van der Waals surface area contributed by atoms with Crippen molar-refractivity contribution in [2.24, 2.45) is 5.16 Å². The van der Waals surface area contributed by atoms with Crippen LogP contribution in [0.25, 0.3) is 11.0 Å². The SMILES string of the molecule is CCOc1cccc2cc(C(C)NC(=O)C3CC(c4cccc(F)c4)=NO3)oc12. The molecule has 7 heteroatoms. The van der Waals surface area contributed by atoms with Gasteiger partial charge in [-0.25, -0.2) is 4.39 Å². The molecule has 0 saturated carbocycles. The number of halogens is 1. The number of ether oxygens (including phenoxy) is 1. The minimum absolute atomic E-state index is 0.274. The maximum absolute atomic E-state index is 13.4. The van der Waals surface area contributed by atoms with E-state index in [0.29, 0.717) is 35.0 Å². The van der Waals surface area contributed by atoms with Crippen molar-refractivity contribution in [1.29, 1.82) is 0 Å². The second kappa shape index (κ2) is 7.95. The van der Waals surface area contributed by atoms with Gasteiger partial charge in [0.1, 0.15) is 11.6 Å². The Hall–Kier alpha value is -3.35. The van der Waals surface area contributed by atoms with Crippen LogP contribution in [0.1, 0.15) is 37.6 Å². The molecule has 0 saturated heterocycles. The zero-order valence-electron chi connectivity index (χ0n) is 16.1. The van der Waals surface area contributed by atoms with E-state index in [1.54, 1.807) is 12.1 Å². The molecule has 6 nitrogen and oxygen atoms in total. The lowest BCUT2D eigenvalue weighted by atomic mass is 10.0. The van der Waals surface area contributed by atoms with Crippen LogP contribution in [0.4, 0.5) is 4.39 Å². The highest BCUT2D eigenvalue weighted by molar-refractivity contribution is 6.04. The van der Waals surface area contributed by atoms with Crippen LogP contribution in [0, 0.1) is 5.82 Å². The summed E-state index contributed by atoms with van der Waals surface area (Å²) in [6.07, 6.45) is -0.490. The third-order valence-corrected chi connectivity index (χ3v) is 4.73. The summed E-state index contributed by atoms with van der Waals surface area (Å²) in [5.41, 5.74) is 1.80. The van der Waals surface area contributed by atoms with E-state index in [-0.39, 0.29) is 24.2 Å². The summed E-state index contributed by atoms with van der Waals surface area (Å²) in [5, 5.41) is 7.74. The van der Waals surface area contributed by atoms with Crippen molar-refractivity contribution in [3.8, 4) is 5.75 Å². The maximum Gasteiger partial charge on any atom is 0.264 e. The Bertz CT molecular complexity index is 1080. The van der Waals surface area contributed by atoms with E-state index in [0.717, 1.165) is 5.39 Å². The second-order valence-electron chi connectivity index (χ2n) is 6.83. The first kappa shape index (κ1) is 19.0. The summed E-state index contributed by atoms with van der Waals surface area (Å²) in [7, 11) is 0. The fraction of sp³-hybridized carbons (Fsp3) is 0.273. The molecule has 1 N–H and O–H groups in total. The number of oxime groups is 1. The lowest BCUT2D eigenvalue weighted by Gasteiger charge is -2.14. The quantitative estimate of drug-likeness (QED) is 0.673. The molecule has 0 radical (unpaired) electrons. The van der Waals surface area contributed by atoms with Gasteiger partial charge in [-0.1, -0.05) is 29.4 Å². The van der Waals surface area contributed by atoms with Crippen LogP contribution in [0.2, 0.25) is 0 Å². The molecular weight excluding hydrogens is 375 g/mol. The summed E-state index contributed by atoms with van der Waals surface area (Å²) in [5.74, 6) is 0.619. The number of rotatable bonds is 6. The lowest BCUT2D eigenvalue weighted by molar-refractivity contribution is -0.131. The van der Waals surface area contributed by atoms with Gasteiger partial charge in [0.05, 0.1) is 18.4 Å². The maximum atomic E-state index is 13.4. The largest absolute Gasteiger partial charge is 0.490 e. The summed E-state index contributed by atoms with van der Waals surface area (Å²) in [6, 6.07) is 13.2. The zero-order chi connectivity index (χ0) is 20.4. The molecule has 1 aliphatic heterocycles. The molecule has 2 unspecified atom stereocenters. The second-order valence-corrected chi connectivity index (χ2v) is 6.83. The molecule has 1 amide bonds. The molecule has 0 aliphatic carbocycles. The Balaban J connectivity index is 1.43. The van der Waals surface area contributed by atoms with Crippen LogP contribution in [0.15, 0.2) is 58.1 Å². The van der Waals surface area contributed by atoms with E-state index >= 15 is 0 Å².